The van der Waals surface area contributed by atoms with Crippen LogP contribution < -0.4 is 5.32 Å². The van der Waals surface area contributed by atoms with Crippen molar-refractivity contribution in [2.24, 2.45) is 0 Å². The van der Waals surface area contributed by atoms with E-state index in [0.29, 0.717) is 17.2 Å². The highest BCUT2D eigenvalue weighted by atomic mass is 35.5. The van der Waals surface area contributed by atoms with Crippen LogP contribution in [0.15, 0.2) is 29.2 Å². The first-order chi connectivity index (χ1) is 9.43. The zero-order valence-electron chi connectivity index (χ0n) is 12.4. The summed E-state index contributed by atoms with van der Waals surface area (Å²) in [6, 6.07) is 6.96. The third kappa shape index (κ3) is 4.13. The maximum atomic E-state index is 12.0. The smallest absolute Gasteiger partial charge is 0.178 e. The molecule has 1 rings (SSSR count). The van der Waals surface area contributed by atoms with E-state index in [1.165, 1.54) is 0 Å². The lowest BCUT2D eigenvalue weighted by atomic mass is 9.95. The third-order valence-corrected chi connectivity index (χ3v) is 6.15. The summed E-state index contributed by atoms with van der Waals surface area (Å²) in [6.07, 6.45) is 2.47. The monoisotopic (exact) mass is 317 g/mol. The quantitative estimate of drug-likeness (QED) is 0.735. The van der Waals surface area contributed by atoms with E-state index in [1.807, 2.05) is 19.1 Å². The molecule has 1 aromatic rings. The Hall–Kier alpha value is -0.740. The van der Waals surface area contributed by atoms with Crippen LogP contribution in [0.5, 0.6) is 0 Å². The van der Waals surface area contributed by atoms with Gasteiger partial charge in [-0.2, -0.15) is 0 Å². The van der Waals surface area contributed by atoms with Gasteiger partial charge in [0.05, 0.1) is 16.2 Å². The molecule has 0 aliphatic heterocycles. The Balaban J connectivity index is 2.92. The highest BCUT2D eigenvalue weighted by Crippen LogP contribution is 2.25. The molecular weight excluding hydrogens is 294 g/mol. The number of rotatable bonds is 8. The van der Waals surface area contributed by atoms with E-state index in [-0.39, 0.29) is 11.3 Å². The Bertz CT molecular complexity index is 499. The van der Waals surface area contributed by atoms with Crippen LogP contribution in [0, 0.1) is 0 Å². The summed E-state index contributed by atoms with van der Waals surface area (Å²) in [5.74, 6) is 0.713. The van der Waals surface area contributed by atoms with Gasteiger partial charge in [0, 0.05) is 11.6 Å². The molecule has 0 saturated carbocycles. The summed E-state index contributed by atoms with van der Waals surface area (Å²) < 4.78 is 23.9. The Labute approximate surface area is 127 Å². The topological polar surface area (TPSA) is 46.2 Å². The summed E-state index contributed by atoms with van der Waals surface area (Å²) in [6.45, 7) is 6.06. The van der Waals surface area contributed by atoms with E-state index in [0.717, 1.165) is 18.5 Å². The molecule has 0 fully saturated rings. The van der Waals surface area contributed by atoms with Crippen molar-refractivity contribution in [1.29, 1.82) is 0 Å². The summed E-state index contributed by atoms with van der Waals surface area (Å²) >= 11 is 6.06. The second-order valence-electron chi connectivity index (χ2n) is 5.09. The second-order valence-corrected chi connectivity index (χ2v) is 7.47. The molecule has 0 aliphatic rings. The van der Waals surface area contributed by atoms with Crippen LogP contribution in [0.25, 0.3) is 0 Å². The van der Waals surface area contributed by atoms with Crippen LogP contribution in [0.3, 0.4) is 0 Å². The highest BCUT2D eigenvalue weighted by molar-refractivity contribution is 7.91. The van der Waals surface area contributed by atoms with Crippen molar-refractivity contribution in [3.05, 3.63) is 24.3 Å². The molecule has 5 heteroatoms. The van der Waals surface area contributed by atoms with Gasteiger partial charge in [0.1, 0.15) is 0 Å². The molecule has 0 spiro atoms. The van der Waals surface area contributed by atoms with E-state index in [4.69, 9.17) is 11.6 Å². The molecule has 0 aromatic heterocycles. The SMILES string of the molecule is CCCS(=O)(=O)c1ccc(NC(CC)(CC)CCl)cc1. The molecule has 114 valence electrons. The van der Waals surface area contributed by atoms with Crippen molar-refractivity contribution in [1.82, 2.24) is 0 Å². The van der Waals surface area contributed by atoms with Gasteiger partial charge in [-0.1, -0.05) is 20.8 Å². The molecule has 0 bridgehead atoms. The van der Waals surface area contributed by atoms with Gasteiger partial charge < -0.3 is 5.32 Å². The van der Waals surface area contributed by atoms with Gasteiger partial charge in [0.25, 0.3) is 0 Å². The fourth-order valence-electron chi connectivity index (χ4n) is 2.09. The molecule has 0 atom stereocenters. The predicted octanol–water partition coefficient (Wildman–Crippen LogP) is 4.08. The summed E-state index contributed by atoms with van der Waals surface area (Å²) in [5, 5.41) is 3.43. The number of alkyl halides is 1. The molecule has 0 saturated heterocycles. The molecule has 0 radical (unpaired) electrons. The maximum Gasteiger partial charge on any atom is 0.178 e. The van der Waals surface area contributed by atoms with Crippen molar-refractivity contribution < 1.29 is 8.42 Å². The Morgan fingerprint density at radius 1 is 1.10 bits per heavy atom. The van der Waals surface area contributed by atoms with Gasteiger partial charge in [0.15, 0.2) is 9.84 Å². The first kappa shape index (κ1) is 17.3. The molecular formula is C15H24ClNO2S. The van der Waals surface area contributed by atoms with E-state index in [9.17, 15) is 8.42 Å². The first-order valence-corrected chi connectivity index (χ1v) is 9.28. The average Bonchev–Trinajstić information content (AvgIpc) is 2.45. The third-order valence-electron chi connectivity index (χ3n) is 3.71. The first-order valence-electron chi connectivity index (χ1n) is 7.10. The zero-order valence-corrected chi connectivity index (χ0v) is 14.0. The fraction of sp³-hybridized carbons (Fsp3) is 0.600. The molecule has 20 heavy (non-hydrogen) atoms. The van der Waals surface area contributed by atoms with Gasteiger partial charge in [0.2, 0.25) is 0 Å². The normalized spacial score (nSPS) is 12.4. The lowest BCUT2D eigenvalue weighted by Gasteiger charge is -2.32. The molecule has 0 aliphatic carbocycles. The van der Waals surface area contributed by atoms with E-state index >= 15 is 0 Å². The molecule has 0 heterocycles. The summed E-state index contributed by atoms with van der Waals surface area (Å²) in [5.41, 5.74) is 0.774. The van der Waals surface area contributed by atoms with Crippen LogP contribution in [0.2, 0.25) is 0 Å². The number of nitrogens with one attached hydrogen (secondary N) is 1. The van der Waals surface area contributed by atoms with Crippen LogP contribution in [-0.4, -0.2) is 25.6 Å². The molecule has 0 unspecified atom stereocenters. The number of hydrogen-bond acceptors (Lipinski definition) is 3. The average molecular weight is 318 g/mol. The Morgan fingerprint density at radius 2 is 1.65 bits per heavy atom. The van der Waals surface area contributed by atoms with E-state index in [1.54, 1.807) is 12.1 Å². The van der Waals surface area contributed by atoms with Crippen LogP contribution in [-0.2, 0) is 9.84 Å². The lowest BCUT2D eigenvalue weighted by Crippen LogP contribution is -2.38. The number of sulfone groups is 1. The maximum absolute atomic E-state index is 12.0. The molecule has 3 nitrogen and oxygen atoms in total. The van der Waals surface area contributed by atoms with E-state index < -0.39 is 9.84 Å². The fourth-order valence-corrected chi connectivity index (χ4v) is 3.86. The van der Waals surface area contributed by atoms with Crippen molar-refractivity contribution in [2.45, 2.75) is 50.5 Å². The van der Waals surface area contributed by atoms with E-state index in [2.05, 4.69) is 19.2 Å². The Morgan fingerprint density at radius 3 is 2.05 bits per heavy atom. The van der Waals surface area contributed by atoms with Crippen molar-refractivity contribution >= 4 is 27.1 Å². The van der Waals surface area contributed by atoms with Gasteiger partial charge in [-0.05, 0) is 43.5 Å². The molecule has 0 amide bonds. The standard InChI is InChI=1S/C15H24ClNO2S/c1-4-11-20(18,19)14-9-7-13(8-10-14)17-15(5-2,6-3)12-16/h7-10,17H,4-6,11-12H2,1-3H3. The minimum Gasteiger partial charge on any atom is -0.378 e. The summed E-state index contributed by atoms with van der Waals surface area (Å²) in [4.78, 5) is 0.384. The number of anilines is 1. The minimum absolute atomic E-state index is 0.134. The molecule has 1 aromatic carbocycles. The number of benzene rings is 1. The van der Waals surface area contributed by atoms with Gasteiger partial charge in [-0.3, -0.25) is 0 Å². The van der Waals surface area contributed by atoms with Crippen molar-refractivity contribution in [2.75, 3.05) is 16.9 Å². The van der Waals surface area contributed by atoms with Crippen LogP contribution >= 0.6 is 11.6 Å². The van der Waals surface area contributed by atoms with Gasteiger partial charge in [-0.15, -0.1) is 11.6 Å². The van der Waals surface area contributed by atoms with Crippen LogP contribution in [0.4, 0.5) is 5.69 Å². The highest BCUT2D eigenvalue weighted by Gasteiger charge is 2.24. The van der Waals surface area contributed by atoms with Gasteiger partial charge >= 0.3 is 0 Å². The lowest BCUT2D eigenvalue weighted by molar-refractivity contribution is 0.484. The predicted molar refractivity (Wildman–Crippen MR) is 86.4 cm³/mol. The second kappa shape index (κ2) is 7.32. The number of hydrogen-bond donors (Lipinski definition) is 1. The Kier molecular flexibility index (Phi) is 6.34. The molecule has 1 N–H and O–H groups in total. The zero-order chi connectivity index (χ0) is 15.2. The van der Waals surface area contributed by atoms with Crippen LogP contribution in [0.1, 0.15) is 40.0 Å². The largest absolute Gasteiger partial charge is 0.378 e. The summed E-state index contributed by atoms with van der Waals surface area (Å²) in [7, 11) is -3.14. The van der Waals surface area contributed by atoms with Gasteiger partial charge in [-0.25, -0.2) is 8.42 Å². The van der Waals surface area contributed by atoms with Crippen molar-refractivity contribution in [3.8, 4) is 0 Å². The minimum atomic E-state index is -3.14. The number of halogens is 1. The van der Waals surface area contributed by atoms with Crippen molar-refractivity contribution in [3.63, 3.8) is 0 Å².